The van der Waals surface area contributed by atoms with Crippen LogP contribution in [0.4, 0.5) is 17.1 Å². The van der Waals surface area contributed by atoms with Crippen molar-refractivity contribution in [1.82, 2.24) is 0 Å². The highest BCUT2D eigenvalue weighted by Crippen LogP contribution is 2.43. The Morgan fingerprint density at radius 2 is 0.873 bits per heavy atom. The second-order valence-corrected chi connectivity index (χ2v) is 14.1. The molecule has 0 bridgehead atoms. The molecule has 258 valence electrons. The molecule has 0 fully saturated rings. The van der Waals surface area contributed by atoms with E-state index in [1.807, 2.05) is 12.1 Å². The first-order valence-corrected chi connectivity index (χ1v) is 18.7. The van der Waals surface area contributed by atoms with E-state index in [1.165, 1.54) is 10.9 Å². The molecule has 9 aromatic carbocycles. The monoisotopic (exact) mass is 703 g/mol. The maximum absolute atomic E-state index is 6.53. The van der Waals surface area contributed by atoms with Crippen molar-refractivity contribution < 1.29 is 8.83 Å². The molecule has 55 heavy (non-hydrogen) atoms. The Balaban J connectivity index is 1.01. The average molecular weight is 704 g/mol. The average Bonchev–Trinajstić information content (AvgIpc) is 3.83. The highest BCUT2D eigenvalue weighted by molar-refractivity contribution is 6.15. The van der Waals surface area contributed by atoms with Crippen molar-refractivity contribution in [2.24, 2.45) is 0 Å². The fourth-order valence-electron chi connectivity index (χ4n) is 8.21. The molecule has 0 amide bonds. The number of benzene rings is 9. The molecule has 0 saturated heterocycles. The van der Waals surface area contributed by atoms with Crippen LogP contribution in [0.15, 0.2) is 209 Å². The maximum Gasteiger partial charge on any atom is 0.143 e. The van der Waals surface area contributed by atoms with Gasteiger partial charge in [0.1, 0.15) is 22.3 Å². The summed E-state index contributed by atoms with van der Waals surface area (Å²) in [4.78, 5) is 2.35. The minimum Gasteiger partial charge on any atom is -0.455 e. The van der Waals surface area contributed by atoms with Crippen LogP contribution >= 0.6 is 0 Å². The summed E-state index contributed by atoms with van der Waals surface area (Å²) < 4.78 is 12.9. The minimum absolute atomic E-state index is 0.893. The lowest BCUT2D eigenvalue weighted by atomic mass is 9.99. The molecule has 3 nitrogen and oxygen atoms in total. The Bertz CT molecular complexity index is 3190. The van der Waals surface area contributed by atoms with Crippen LogP contribution in [0.1, 0.15) is 0 Å². The van der Waals surface area contributed by atoms with Crippen molar-refractivity contribution in [3.05, 3.63) is 200 Å². The van der Waals surface area contributed by atoms with Gasteiger partial charge in [0, 0.05) is 49.4 Å². The van der Waals surface area contributed by atoms with E-state index in [0.717, 1.165) is 94.1 Å². The maximum atomic E-state index is 6.53. The van der Waals surface area contributed by atoms with Gasteiger partial charge in [0.05, 0.1) is 5.69 Å². The fraction of sp³-hybridized carbons (Fsp3) is 0. The summed E-state index contributed by atoms with van der Waals surface area (Å²) >= 11 is 0. The molecule has 3 heteroatoms. The number of furan rings is 2. The lowest BCUT2D eigenvalue weighted by Gasteiger charge is -2.28. The van der Waals surface area contributed by atoms with Gasteiger partial charge in [0.15, 0.2) is 0 Å². The van der Waals surface area contributed by atoms with Gasteiger partial charge in [0.25, 0.3) is 0 Å². The van der Waals surface area contributed by atoms with E-state index in [1.54, 1.807) is 0 Å². The number of para-hydroxylation sites is 3. The number of anilines is 3. The van der Waals surface area contributed by atoms with Gasteiger partial charge in [-0.15, -0.1) is 0 Å². The predicted octanol–water partition coefficient (Wildman–Crippen LogP) is 15.1. The molecule has 2 heterocycles. The second kappa shape index (κ2) is 12.6. The van der Waals surface area contributed by atoms with E-state index < -0.39 is 0 Å². The Morgan fingerprint density at radius 3 is 1.71 bits per heavy atom. The zero-order chi connectivity index (χ0) is 36.3. The Labute approximate surface area is 317 Å². The van der Waals surface area contributed by atoms with Gasteiger partial charge < -0.3 is 13.7 Å². The zero-order valence-corrected chi connectivity index (χ0v) is 29.8. The zero-order valence-electron chi connectivity index (χ0n) is 29.8. The van der Waals surface area contributed by atoms with Gasteiger partial charge in [-0.25, -0.2) is 0 Å². The van der Waals surface area contributed by atoms with Crippen molar-refractivity contribution in [3.63, 3.8) is 0 Å². The summed E-state index contributed by atoms with van der Waals surface area (Å²) in [5, 5.41) is 6.85. The number of rotatable bonds is 6. The van der Waals surface area contributed by atoms with E-state index in [0.29, 0.717) is 0 Å². The Hall–Kier alpha value is -7.36. The fourth-order valence-corrected chi connectivity index (χ4v) is 8.21. The van der Waals surface area contributed by atoms with E-state index in [9.17, 15) is 0 Å². The SMILES string of the molecule is c1ccc(-c2ccccc2N(c2ccc(-c3ccc4c(c3)oc3c5ccccc5ccc43)cc2)c2ccc(-c3cccc4c3oc3ccccc34)cc2)cc1. The van der Waals surface area contributed by atoms with E-state index in [-0.39, 0.29) is 0 Å². The third-order valence-electron chi connectivity index (χ3n) is 10.9. The van der Waals surface area contributed by atoms with E-state index in [2.05, 4.69) is 193 Å². The molecule has 0 saturated carbocycles. The molecule has 0 unspecified atom stereocenters. The first-order chi connectivity index (χ1) is 27.3. The number of hydrogen-bond donors (Lipinski definition) is 0. The molecular formula is C52H33NO2. The Kier molecular flexibility index (Phi) is 7.17. The van der Waals surface area contributed by atoms with Crippen molar-refractivity contribution in [3.8, 4) is 33.4 Å². The second-order valence-electron chi connectivity index (χ2n) is 14.1. The van der Waals surface area contributed by atoms with Gasteiger partial charge in [-0.3, -0.25) is 0 Å². The molecule has 11 aromatic rings. The van der Waals surface area contributed by atoms with Crippen LogP contribution in [-0.2, 0) is 0 Å². The summed E-state index contributed by atoms with van der Waals surface area (Å²) in [6, 6.07) is 70.9. The summed E-state index contributed by atoms with van der Waals surface area (Å²) in [7, 11) is 0. The largest absolute Gasteiger partial charge is 0.455 e. The highest BCUT2D eigenvalue weighted by atomic mass is 16.3. The van der Waals surface area contributed by atoms with Crippen molar-refractivity contribution in [2.75, 3.05) is 4.90 Å². The number of hydrogen-bond acceptors (Lipinski definition) is 3. The highest BCUT2D eigenvalue weighted by Gasteiger charge is 2.19. The summed E-state index contributed by atoms with van der Waals surface area (Å²) in [6.45, 7) is 0. The van der Waals surface area contributed by atoms with Gasteiger partial charge in [0.2, 0.25) is 0 Å². The molecule has 0 radical (unpaired) electrons. The van der Waals surface area contributed by atoms with Crippen molar-refractivity contribution >= 4 is 71.7 Å². The molecule has 2 aromatic heterocycles. The van der Waals surface area contributed by atoms with Gasteiger partial charge in [-0.05, 0) is 82.2 Å². The summed E-state index contributed by atoms with van der Waals surface area (Å²) in [5.74, 6) is 0. The molecule has 0 N–H and O–H groups in total. The molecule has 0 aliphatic heterocycles. The Morgan fingerprint density at radius 1 is 0.309 bits per heavy atom. The van der Waals surface area contributed by atoms with Crippen molar-refractivity contribution in [2.45, 2.75) is 0 Å². The normalized spacial score (nSPS) is 11.6. The van der Waals surface area contributed by atoms with Gasteiger partial charge in [-0.2, -0.15) is 0 Å². The van der Waals surface area contributed by atoms with Gasteiger partial charge >= 0.3 is 0 Å². The van der Waals surface area contributed by atoms with Crippen LogP contribution in [0.5, 0.6) is 0 Å². The van der Waals surface area contributed by atoms with Crippen LogP contribution in [0.2, 0.25) is 0 Å². The van der Waals surface area contributed by atoms with Crippen LogP contribution in [0.3, 0.4) is 0 Å². The molecule has 0 spiro atoms. The van der Waals surface area contributed by atoms with Crippen molar-refractivity contribution in [1.29, 1.82) is 0 Å². The smallest absolute Gasteiger partial charge is 0.143 e. The predicted molar refractivity (Wildman–Crippen MR) is 229 cm³/mol. The van der Waals surface area contributed by atoms with Crippen LogP contribution in [0, 0.1) is 0 Å². The topological polar surface area (TPSA) is 29.5 Å². The third kappa shape index (κ3) is 5.20. The first-order valence-electron chi connectivity index (χ1n) is 18.7. The lowest BCUT2D eigenvalue weighted by Crippen LogP contribution is -2.11. The molecule has 0 atom stereocenters. The quantitative estimate of drug-likeness (QED) is 0.173. The number of fused-ring (bicyclic) bond motifs is 8. The summed E-state index contributed by atoms with van der Waals surface area (Å²) in [5.41, 5.74) is 13.6. The van der Waals surface area contributed by atoms with E-state index in [4.69, 9.17) is 8.83 Å². The standard InChI is InChI=1S/C52H33NO2/c1-2-11-35(12-3-1)41-14-6-8-19-48(41)53(40-29-23-37(24-30-40)43-17-10-18-46-44-16-7-9-20-49(44)54-51(43)46)39-27-21-34(22-28-39)38-26-31-45-47-32-25-36-13-4-5-15-42(36)52(47)55-50(45)33-38/h1-33H. The van der Waals surface area contributed by atoms with Crippen LogP contribution < -0.4 is 4.90 Å². The molecular weight excluding hydrogens is 671 g/mol. The van der Waals surface area contributed by atoms with Gasteiger partial charge in [-0.1, -0.05) is 146 Å². The molecule has 11 rings (SSSR count). The van der Waals surface area contributed by atoms with E-state index >= 15 is 0 Å². The molecule has 0 aliphatic carbocycles. The summed E-state index contributed by atoms with van der Waals surface area (Å²) in [6.07, 6.45) is 0. The first kappa shape index (κ1) is 31.2. The lowest BCUT2D eigenvalue weighted by molar-refractivity contribution is 0.670. The minimum atomic E-state index is 0.893. The third-order valence-corrected chi connectivity index (χ3v) is 10.9. The number of nitrogens with zero attached hydrogens (tertiary/aromatic N) is 1. The van der Waals surface area contributed by atoms with Crippen LogP contribution in [0.25, 0.3) is 88.0 Å². The molecule has 0 aliphatic rings. The van der Waals surface area contributed by atoms with Crippen LogP contribution in [-0.4, -0.2) is 0 Å².